The fourth-order valence-electron chi connectivity index (χ4n) is 0.492. The van der Waals surface area contributed by atoms with Gasteiger partial charge in [-0.15, -0.1) is 0 Å². The predicted molar refractivity (Wildman–Crippen MR) is 30.2 cm³/mol. The van der Waals surface area contributed by atoms with Crippen molar-refractivity contribution < 1.29 is 37.8 Å². The summed E-state index contributed by atoms with van der Waals surface area (Å²) < 4.78 is 0. The zero-order valence-electron chi connectivity index (χ0n) is 4.99. The van der Waals surface area contributed by atoms with Crippen molar-refractivity contribution >= 4 is 0 Å². The molecule has 1 heterocycles. The van der Waals surface area contributed by atoms with E-state index in [-0.39, 0.29) is 39.3 Å². The Kier molecular flexibility index (Phi) is 5.15. The van der Waals surface area contributed by atoms with E-state index in [1.54, 1.807) is 12.3 Å². The van der Waals surface area contributed by atoms with Gasteiger partial charge in [-0.1, -0.05) is 6.07 Å². The summed E-state index contributed by atoms with van der Waals surface area (Å²) in [6.45, 7) is 0.0286. The Labute approximate surface area is 79.2 Å². The van der Waals surface area contributed by atoms with Crippen LogP contribution in [0, 0.1) is 0 Å². The Morgan fingerprint density at radius 3 is 2.56 bits per heavy atom. The van der Waals surface area contributed by atoms with Gasteiger partial charge in [0.1, 0.15) is 0 Å². The van der Waals surface area contributed by atoms with Gasteiger partial charge in [-0.25, -0.2) is 0 Å². The number of pyridine rings is 1. The molecule has 45 valence electrons. The number of aliphatic hydroxyl groups excluding tert-OH is 1. The molecular weight excluding hydrogens is 191 g/mol. The van der Waals surface area contributed by atoms with Crippen molar-refractivity contribution in [3.05, 3.63) is 30.1 Å². The van der Waals surface area contributed by atoms with Crippen LogP contribution in [0.4, 0.5) is 0 Å². The van der Waals surface area contributed by atoms with Gasteiger partial charge in [0.05, 0.1) is 12.3 Å². The van der Waals surface area contributed by atoms with Gasteiger partial charge in [0.25, 0.3) is 0 Å². The molecule has 0 saturated heterocycles. The first-order valence-corrected chi connectivity index (χ1v) is 2.44. The molecular formula is C6H7NOY. The van der Waals surface area contributed by atoms with Gasteiger partial charge in [0, 0.05) is 38.9 Å². The van der Waals surface area contributed by atoms with Crippen molar-refractivity contribution in [3.8, 4) is 0 Å². The first kappa shape index (κ1) is 9.21. The van der Waals surface area contributed by atoms with Crippen molar-refractivity contribution in [1.29, 1.82) is 0 Å². The number of rotatable bonds is 1. The number of hydrogen-bond acceptors (Lipinski definition) is 2. The van der Waals surface area contributed by atoms with Gasteiger partial charge < -0.3 is 5.11 Å². The van der Waals surface area contributed by atoms with Crippen LogP contribution in [-0.4, -0.2) is 10.1 Å². The summed E-state index contributed by atoms with van der Waals surface area (Å²) >= 11 is 0. The minimum absolute atomic E-state index is 0. The molecule has 0 aliphatic heterocycles. The average molecular weight is 198 g/mol. The van der Waals surface area contributed by atoms with Crippen LogP contribution in [0.3, 0.4) is 0 Å². The molecule has 9 heavy (non-hydrogen) atoms. The molecule has 0 amide bonds. The second-order valence-electron chi connectivity index (χ2n) is 1.48. The Morgan fingerprint density at radius 2 is 2.22 bits per heavy atom. The van der Waals surface area contributed by atoms with Crippen LogP contribution in [0.2, 0.25) is 0 Å². The third-order valence-corrected chi connectivity index (χ3v) is 0.888. The molecule has 3 heteroatoms. The predicted octanol–water partition coefficient (Wildman–Crippen LogP) is 0.571. The van der Waals surface area contributed by atoms with Gasteiger partial charge in [-0.2, -0.15) is 0 Å². The molecule has 0 aliphatic carbocycles. The van der Waals surface area contributed by atoms with E-state index in [1.165, 1.54) is 0 Å². The van der Waals surface area contributed by atoms with E-state index in [1.807, 2.05) is 12.1 Å². The Bertz CT molecular complexity index is 154. The fourth-order valence-corrected chi connectivity index (χ4v) is 0.492. The molecule has 1 N–H and O–H groups in total. The van der Waals surface area contributed by atoms with Gasteiger partial charge in [0.2, 0.25) is 0 Å². The second kappa shape index (κ2) is 5.04. The molecule has 0 aliphatic rings. The summed E-state index contributed by atoms with van der Waals surface area (Å²) in [6, 6.07) is 5.44. The quantitative estimate of drug-likeness (QED) is 0.715. The van der Waals surface area contributed by atoms with Crippen LogP contribution >= 0.6 is 0 Å². The molecule has 1 rings (SSSR count). The smallest absolute Gasteiger partial charge is 0.0852 e. The van der Waals surface area contributed by atoms with Gasteiger partial charge in [-0.05, 0) is 12.1 Å². The maximum Gasteiger partial charge on any atom is 0.0852 e. The summed E-state index contributed by atoms with van der Waals surface area (Å²) in [5, 5.41) is 8.48. The molecule has 0 aromatic carbocycles. The minimum atomic E-state index is 0. The van der Waals surface area contributed by atoms with Crippen molar-refractivity contribution in [1.82, 2.24) is 4.98 Å². The molecule has 1 aromatic heterocycles. The zero-order valence-corrected chi connectivity index (χ0v) is 7.83. The third-order valence-electron chi connectivity index (χ3n) is 0.888. The van der Waals surface area contributed by atoms with E-state index in [9.17, 15) is 0 Å². The van der Waals surface area contributed by atoms with E-state index in [2.05, 4.69) is 4.98 Å². The second-order valence-corrected chi connectivity index (χ2v) is 1.48. The van der Waals surface area contributed by atoms with E-state index in [4.69, 9.17) is 5.11 Å². The molecule has 0 spiro atoms. The average Bonchev–Trinajstić information content (AvgIpc) is 1.90. The van der Waals surface area contributed by atoms with Crippen molar-refractivity contribution in [2.24, 2.45) is 0 Å². The van der Waals surface area contributed by atoms with E-state index in [0.29, 0.717) is 5.69 Å². The Morgan fingerprint density at radius 1 is 1.44 bits per heavy atom. The molecule has 2 nitrogen and oxygen atoms in total. The number of aliphatic hydroxyl groups is 1. The van der Waals surface area contributed by atoms with Crippen LogP contribution in [0.15, 0.2) is 24.4 Å². The maximum absolute atomic E-state index is 8.48. The van der Waals surface area contributed by atoms with Crippen LogP contribution < -0.4 is 0 Å². The Hall–Kier alpha value is 0.214. The molecule has 1 radical (unpaired) electrons. The summed E-state index contributed by atoms with van der Waals surface area (Å²) in [5.74, 6) is 0. The van der Waals surface area contributed by atoms with Crippen LogP contribution in [0.5, 0.6) is 0 Å². The van der Waals surface area contributed by atoms with Crippen LogP contribution in [0.1, 0.15) is 5.69 Å². The number of hydrogen-bond donors (Lipinski definition) is 1. The monoisotopic (exact) mass is 198 g/mol. The van der Waals surface area contributed by atoms with Crippen LogP contribution in [-0.2, 0) is 39.3 Å². The van der Waals surface area contributed by atoms with Crippen molar-refractivity contribution in [2.45, 2.75) is 6.61 Å². The molecule has 0 atom stereocenters. The van der Waals surface area contributed by atoms with E-state index >= 15 is 0 Å². The molecule has 1 aromatic rings. The molecule has 0 fully saturated rings. The third kappa shape index (κ3) is 3.04. The Balaban J connectivity index is 0.000000640. The molecule has 0 bridgehead atoms. The van der Waals surface area contributed by atoms with Gasteiger partial charge in [-0.3, -0.25) is 4.98 Å². The topological polar surface area (TPSA) is 33.1 Å². The number of aromatic nitrogens is 1. The SMILES string of the molecule is OCc1ccccn1.[Y]. The van der Waals surface area contributed by atoms with E-state index < -0.39 is 0 Å². The first-order valence-electron chi connectivity index (χ1n) is 2.44. The molecule has 0 saturated carbocycles. The molecule has 0 unspecified atom stereocenters. The fraction of sp³-hybridized carbons (Fsp3) is 0.167. The van der Waals surface area contributed by atoms with Crippen LogP contribution in [0.25, 0.3) is 0 Å². The van der Waals surface area contributed by atoms with Crippen molar-refractivity contribution in [3.63, 3.8) is 0 Å². The summed E-state index contributed by atoms with van der Waals surface area (Å²) in [6.07, 6.45) is 1.66. The summed E-state index contributed by atoms with van der Waals surface area (Å²) in [5.41, 5.74) is 0.715. The van der Waals surface area contributed by atoms with Gasteiger partial charge >= 0.3 is 0 Å². The van der Waals surface area contributed by atoms with E-state index in [0.717, 1.165) is 0 Å². The largest absolute Gasteiger partial charge is 0.390 e. The number of nitrogens with zero attached hydrogens (tertiary/aromatic N) is 1. The summed E-state index contributed by atoms with van der Waals surface area (Å²) in [4.78, 5) is 3.85. The minimum Gasteiger partial charge on any atom is -0.390 e. The summed E-state index contributed by atoms with van der Waals surface area (Å²) in [7, 11) is 0. The standard InChI is InChI=1S/C6H7NO.Y/c8-5-6-3-1-2-4-7-6;/h1-4,8H,5H2;. The van der Waals surface area contributed by atoms with Gasteiger partial charge in [0.15, 0.2) is 0 Å². The zero-order chi connectivity index (χ0) is 5.82. The first-order chi connectivity index (χ1) is 3.93. The van der Waals surface area contributed by atoms with Crippen molar-refractivity contribution in [2.75, 3.05) is 0 Å². The maximum atomic E-state index is 8.48. The normalized spacial score (nSPS) is 8.11.